The van der Waals surface area contributed by atoms with E-state index in [-0.39, 0.29) is 22.3 Å². The second-order valence-corrected chi connectivity index (χ2v) is 27.0. The Hall–Kier alpha value is -9.64. The van der Waals surface area contributed by atoms with Crippen LogP contribution in [0.5, 0.6) is 0 Å². The molecule has 99 heavy (non-hydrogen) atoms. The molecule has 12 rings (SSSR count). The van der Waals surface area contributed by atoms with Crippen molar-refractivity contribution in [2.45, 2.75) is 154 Å². The third kappa shape index (κ3) is 18.0. The lowest BCUT2D eigenvalue weighted by Crippen LogP contribution is -2.30. The molecule has 3 unspecified atom stereocenters. The monoisotopic (exact) mass is 1320 g/mol. The molecule has 0 aliphatic heterocycles. The van der Waals surface area contributed by atoms with E-state index in [4.69, 9.17) is 24.7 Å². The van der Waals surface area contributed by atoms with Crippen LogP contribution in [0.3, 0.4) is 0 Å². The molecule has 0 saturated heterocycles. The van der Waals surface area contributed by atoms with Gasteiger partial charge in [-0.05, 0) is 226 Å². The zero-order chi connectivity index (χ0) is 86.8. The Labute approximate surface area is 621 Å². The largest absolute Gasteiger partial charge is 0.213 e. The first-order valence-corrected chi connectivity index (χ1v) is 34.1. The van der Waals surface area contributed by atoms with Gasteiger partial charge in [0.15, 0.2) is 24.8 Å². The highest BCUT2D eigenvalue weighted by Crippen LogP contribution is 2.36. The van der Waals surface area contributed by atoms with Crippen molar-refractivity contribution in [3.8, 4) is 89.5 Å². The van der Waals surface area contributed by atoms with Crippen molar-refractivity contribution in [3.63, 3.8) is 0 Å². The summed E-state index contributed by atoms with van der Waals surface area (Å²) < 4.78 is 152. The van der Waals surface area contributed by atoms with E-state index in [2.05, 4.69) is 137 Å². The molecule has 0 radical (unpaired) electrons. The summed E-state index contributed by atoms with van der Waals surface area (Å²) in [5.74, 6) is -4.57. The fourth-order valence-electron chi connectivity index (χ4n) is 12.3. The van der Waals surface area contributed by atoms with Crippen molar-refractivity contribution in [3.05, 3.63) is 309 Å². The number of rotatable bonds is 13. The molecule has 0 saturated carbocycles. The van der Waals surface area contributed by atoms with Crippen LogP contribution in [-0.2, 0) is 28.2 Å². The van der Waals surface area contributed by atoms with Crippen LogP contribution in [0.4, 0.5) is 0 Å². The first kappa shape index (κ1) is 52.4. The molecule has 0 N–H and O–H groups in total. The van der Waals surface area contributed by atoms with Gasteiger partial charge in [0, 0.05) is 95.5 Å². The van der Waals surface area contributed by atoms with E-state index in [9.17, 15) is 0 Å². The summed E-state index contributed by atoms with van der Waals surface area (Å²) in [5.41, 5.74) is 25.6. The normalized spacial score (nSPS) is 16.3. The number of nitrogens with zero attached hydrogens (tertiary/aromatic N) is 4. The van der Waals surface area contributed by atoms with E-state index in [1.165, 1.54) is 71.5 Å². The van der Waals surface area contributed by atoms with Gasteiger partial charge < -0.3 is 0 Å². The van der Waals surface area contributed by atoms with Crippen LogP contribution in [0.2, 0.25) is 0 Å². The van der Waals surface area contributed by atoms with E-state index in [0.717, 1.165) is 72.7 Å². The summed E-state index contributed by atoms with van der Waals surface area (Å²) in [5, 5.41) is 0. The minimum Gasteiger partial charge on any atom is -0.201 e. The summed E-state index contributed by atoms with van der Waals surface area (Å²) in [4.78, 5) is 0. The van der Waals surface area contributed by atoms with Crippen molar-refractivity contribution in [1.82, 2.24) is 0 Å². The van der Waals surface area contributed by atoms with Gasteiger partial charge in [-0.25, -0.2) is 18.3 Å². The number of pyridine rings is 4. The summed E-state index contributed by atoms with van der Waals surface area (Å²) in [6.45, 7) is 12.4. The average Bonchev–Trinajstić information content (AvgIpc) is 0.744. The van der Waals surface area contributed by atoms with E-state index in [1.807, 2.05) is 179 Å². The third-order valence-electron chi connectivity index (χ3n) is 18.8. The molecule has 4 heterocycles. The Morgan fingerprint density at radius 3 is 0.879 bits per heavy atom. The fraction of sp³-hybridized carbons (Fsp3) is 0.284. The second kappa shape index (κ2) is 32.8. The average molecular weight is 1330 g/mol. The predicted octanol–water partition coefficient (Wildman–Crippen LogP) is 23.5. The standard InChI is InChI=1S/2C25H30N.C23H26N.C22H24N/c2*1-17(2)21-13-22(18(3)4)15-23(14-21)20-11-12-26(6)25(16-20)24-10-8-7-9-19(24)5;1-16(2)22-14-19(11-10-18(22)4)20-12-13-24(5)23(15-20)21-9-7-6-8-17(21)3;1-15-8-6-7-9-21(15)22-14-19(10-11-23(22)5)20-12-16(2)18(4)17(3)13-20/h2*7-18H,1-6H3;6-16H,1-5H3;6-14H,1-5H3/q4*+1/i1D3,3D3,17D,18D;;1D3,16D;2D3,3D3. The quantitative estimate of drug-likeness (QED) is 0.102. The molecule has 0 aliphatic rings. The van der Waals surface area contributed by atoms with Gasteiger partial charge in [0.05, 0.1) is 0 Å². The van der Waals surface area contributed by atoms with Crippen molar-refractivity contribution in [2.75, 3.05) is 0 Å². The fourth-order valence-corrected chi connectivity index (χ4v) is 12.3. The maximum atomic E-state index is 8.61. The Morgan fingerprint density at radius 1 is 0.273 bits per heavy atom. The molecule has 4 nitrogen and oxygen atoms in total. The van der Waals surface area contributed by atoms with Gasteiger partial charge >= 0.3 is 0 Å². The van der Waals surface area contributed by atoms with E-state index >= 15 is 0 Å². The summed E-state index contributed by atoms with van der Waals surface area (Å²) in [7, 11) is 8.01. The van der Waals surface area contributed by atoms with Crippen molar-refractivity contribution >= 4 is 0 Å². The molecule has 4 aromatic heterocycles. The minimum absolute atomic E-state index is 0.0757. The summed E-state index contributed by atoms with van der Waals surface area (Å²) in [6.07, 6.45) is 7.98. The van der Waals surface area contributed by atoms with Gasteiger partial charge in [0.25, 0.3) is 0 Å². The Bertz CT molecular complexity index is 5480. The van der Waals surface area contributed by atoms with Crippen LogP contribution in [0, 0.1) is 55.2 Å². The van der Waals surface area contributed by atoms with Gasteiger partial charge in [-0.15, -0.1) is 0 Å². The molecule has 0 bridgehead atoms. The van der Waals surface area contributed by atoms with Crippen LogP contribution >= 0.6 is 0 Å². The van der Waals surface area contributed by atoms with Crippen LogP contribution in [-0.4, -0.2) is 0 Å². The number of hydrogen-bond donors (Lipinski definition) is 0. The molecule has 0 spiro atoms. The van der Waals surface area contributed by atoms with Crippen LogP contribution in [0.1, 0.15) is 196 Å². The van der Waals surface area contributed by atoms with Crippen LogP contribution in [0.15, 0.2) is 237 Å². The number of benzene rings is 8. The summed E-state index contributed by atoms with van der Waals surface area (Å²) in [6, 6.07) is 69.8. The van der Waals surface area contributed by atoms with Crippen LogP contribution < -0.4 is 18.3 Å². The highest BCUT2D eigenvalue weighted by atomic mass is 14.9. The molecular formula is C95H110N4+4. The topological polar surface area (TPSA) is 15.5 Å². The van der Waals surface area contributed by atoms with Gasteiger partial charge in [0.2, 0.25) is 22.8 Å². The molecule has 506 valence electrons. The maximum absolute atomic E-state index is 8.61. The lowest BCUT2D eigenvalue weighted by atomic mass is 9.90. The van der Waals surface area contributed by atoms with E-state index < -0.39 is 51.9 Å². The molecule has 4 heteroatoms. The SMILES string of the molecule is Cc1ccccc1-c1cc(-c2cc(C(C)C)cc(C(C)C)c2)cc[n+]1C.[2H]C([2H])([2H])C([2H])(C)c1cc(-c2cc[n+](C)c(-c3ccccc3C)c2)cc(C([2H])(C)C([2H])([2H])[2H])c1.[2H]C([2H])([2H])C([2H])(C)c1cc(-c2cc[n+](C)c(-c3ccccc3C)c2)ccc1C.[2H]C([2H])([2H])c1cc(-c2cc[n+](C)c(-c3ccccc3C)c2)cc(C([2H])([2H])[2H])c1C. The van der Waals surface area contributed by atoms with E-state index in [0.29, 0.717) is 34.1 Å². The molecular weight excluding hydrogens is 1200 g/mol. The number of hydrogen-bond acceptors (Lipinski definition) is 0. The van der Waals surface area contributed by atoms with Gasteiger partial charge in [0.1, 0.15) is 28.2 Å². The highest BCUT2D eigenvalue weighted by molar-refractivity contribution is 5.75. The lowest BCUT2D eigenvalue weighted by Gasteiger charge is -2.15. The number of aromatic nitrogens is 4. The predicted molar refractivity (Wildman–Crippen MR) is 422 cm³/mol. The first-order valence-electron chi connectivity index (χ1n) is 43.1. The van der Waals surface area contributed by atoms with Crippen molar-refractivity contribution in [1.29, 1.82) is 0 Å². The second-order valence-electron chi connectivity index (χ2n) is 27.0. The zero-order valence-electron chi connectivity index (χ0n) is 79.0. The van der Waals surface area contributed by atoms with Gasteiger partial charge in [-0.3, -0.25) is 0 Å². The van der Waals surface area contributed by atoms with Gasteiger partial charge in [-0.1, -0.05) is 209 Å². The Kier molecular flexibility index (Phi) is 17.4. The summed E-state index contributed by atoms with van der Waals surface area (Å²) >= 11 is 0. The van der Waals surface area contributed by atoms with Crippen molar-refractivity contribution in [2.24, 2.45) is 28.2 Å². The molecule has 12 aromatic rings. The van der Waals surface area contributed by atoms with Gasteiger partial charge in [-0.2, -0.15) is 0 Å². The maximum Gasteiger partial charge on any atom is 0.213 e. The number of aryl methyl sites for hydroxylation is 11. The lowest BCUT2D eigenvalue weighted by molar-refractivity contribution is -0.660. The molecule has 3 atom stereocenters. The minimum atomic E-state index is -2.64. The Morgan fingerprint density at radius 2 is 0.566 bits per heavy atom. The highest BCUT2D eigenvalue weighted by Gasteiger charge is 2.21. The van der Waals surface area contributed by atoms with Crippen LogP contribution in [0.25, 0.3) is 89.5 Å². The third-order valence-corrected chi connectivity index (χ3v) is 18.8. The molecule has 0 fully saturated rings. The smallest absolute Gasteiger partial charge is 0.201 e. The first-order chi connectivity index (χ1) is 54.2. The molecule has 0 amide bonds. The van der Waals surface area contributed by atoms with Crippen molar-refractivity contribution < 1.29 is 42.9 Å². The van der Waals surface area contributed by atoms with E-state index in [1.54, 1.807) is 31.2 Å². The Balaban J connectivity index is 0.000000179. The zero-order valence-corrected chi connectivity index (χ0v) is 61.0. The molecule has 8 aromatic carbocycles. The molecule has 0 aliphatic carbocycles.